The summed E-state index contributed by atoms with van der Waals surface area (Å²) in [6, 6.07) is 15.3. The summed E-state index contributed by atoms with van der Waals surface area (Å²) in [6.07, 6.45) is 10.3. The van der Waals surface area contributed by atoms with E-state index in [1.807, 2.05) is 48.5 Å². The van der Waals surface area contributed by atoms with E-state index in [1.54, 1.807) is 0 Å². The van der Waals surface area contributed by atoms with E-state index in [0.29, 0.717) is 13.2 Å². The highest BCUT2D eigenvalue weighted by Gasteiger charge is 2.25. The van der Waals surface area contributed by atoms with Crippen molar-refractivity contribution in [3.8, 4) is 11.5 Å². The van der Waals surface area contributed by atoms with Crippen molar-refractivity contribution in [2.75, 3.05) is 54.5 Å². The Kier molecular flexibility index (Phi) is 17.1. The lowest BCUT2D eigenvalue weighted by Gasteiger charge is -2.20. The van der Waals surface area contributed by atoms with Gasteiger partial charge in [-0.1, -0.05) is 52.4 Å². The normalized spacial score (nSPS) is 12.9. The third-order valence-corrected chi connectivity index (χ3v) is 7.72. The number of Topliss-reactive ketones (excluding diaryl/α,β-unsaturated/α-hetero) is 2. The van der Waals surface area contributed by atoms with Crippen molar-refractivity contribution < 1.29 is 28.9 Å². The molecule has 234 valence electrons. The van der Waals surface area contributed by atoms with Gasteiger partial charge in [0, 0.05) is 11.1 Å². The molecule has 0 saturated carbocycles. The molecule has 0 aromatic heterocycles. The molecule has 2 aromatic carbocycles. The van der Waals surface area contributed by atoms with Crippen LogP contribution in [0.3, 0.4) is 0 Å². The summed E-state index contributed by atoms with van der Waals surface area (Å²) < 4.78 is 11.7. The molecule has 0 spiro atoms. The van der Waals surface area contributed by atoms with Gasteiger partial charge < -0.3 is 19.3 Å². The zero-order valence-electron chi connectivity index (χ0n) is 27.3. The average molecular weight is 583 g/mol. The SMILES string of the molecule is CCCCCOc1ccc(C(=O)C(CCCCC(C[NH+](C)C)C(=O)c2ccc(OCCCCC)cc2)C[NH+](C)C)cc1. The van der Waals surface area contributed by atoms with Crippen LogP contribution in [-0.4, -0.2) is 66.1 Å². The Morgan fingerprint density at radius 2 is 0.929 bits per heavy atom. The number of unbranched alkanes of at least 4 members (excludes halogenated alkanes) is 5. The minimum atomic E-state index is -0.0372. The molecule has 2 unspecified atom stereocenters. The molecule has 0 heterocycles. The second-order valence-electron chi connectivity index (χ2n) is 12.4. The number of carbonyl (C=O) groups excluding carboxylic acids is 2. The molecule has 0 aliphatic carbocycles. The van der Waals surface area contributed by atoms with E-state index in [-0.39, 0.29) is 23.4 Å². The van der Waals surface area contributed by atoms with Gasteiger partial charge in [0.2, 0.25) is 0 Å². The van der Waals surface area contributed by atoms with Crippen LogP contribution in [-0.2, 0) is 0 Å². The fraction of sp³-hybridized carbons (Fsp3) is 0.611. The molecule has 0 amide bonds. The molecule has 2 N–H and O–H groups in total. The fourth-order valence-corrected chi connectivity index (χ4v) is 5.41. The molecule has 0 aliphatic rings. The maximum Gasteiger partial charge on any atom is 0.171 e. The van der Waals surface area contributed by atoms with E-state index in [4.69, 9.17) is 9.47 Å². The van der Waals surface area contributed by atoms with Crippen LogP contribution in [0.4, 0.5) is 0 Å². The first-order valence-electron chi connectivity index (χ1n) is 16.4. The first kappa shape index (κ1) is 35.5. The van der Waals surface area contributed by atoms with Gasteiger partial charge in [-0.15, -0.1) is 0 Å². The number of carbonyl (C=O) groups is 2. The van der Waals surface area contributed by atoms with Crippen molar-refractivity contribution in [2.24, 2.45) is 11.8 Å². The molecular weight excluding hydrogens is 524 g/mol. The van der Waals surface area contributed by atoms with Gasteiger partial charge >= 0.3 is 0 Å². The summed E-state index contributed by atoms with van der Waals surface area (Å²) >= 11 is 0. The summed E-state index contributed by atoms with van der Waals surface area (Å²) in [5, 5.41) is 0. The van der Waals surface area contributed by atoms with Crippen molar-refractivity contribution in [1.82, 2.24) is 0 Å². The molecule has 6 heteroatoms. The molecule has 6 nitrogen and oxygen atoms in total. The van der Waals surface area contributed by atoms with Gasteiger partial charge in [0.25, 0.3) is 0 Å². The van der Waals surface area contributed by atoms with Crippen LogP contribution < -0.4 is 19.3 Å². The fourth-order valence-electron chi connectivity index (χ4n) is 5.41. The monoisotopic (exact) mass is 582 g/mol. The molecule has 0 radical (unpaired) electrons. The van der Waals surface area contributed by atoms with Gasteiger partial charge in [-0.05, 0) is 74.2 Å². The Morgan fingerprint density at radius 1 is 0.571 bits per heavy atom. The maximum absolute atomic E-state index is 13.5. The van der Waals surface area contributed by atoms with Crippen LogP contribution in [0.2, 0.25) is 0 Å². The predicted molar refractivity (Wildman–Crippen MR) is 172 cm³/mol. The van der Waals surface area contributed by atoms with Gasteiger partial charge in [0.1, 0.15) is 11.5 Å². The van der Waals surface area contributed by atoms with Gasteiger partial charge in [0.05, 0.1) is 66.3 Å². The summed E-state index contributed by atoms with van der Waals surface area (Å²) in [7, 11) is 8.40. The number of quaternary nitrogens is 2. The third-order valence-electron chi connectivity index (χ3n) is 7.72. The van der Waals surface area contributed by atoms with Crippen molar-refractivity contribution in [2.45, 2.75) is 78.1 Å². The number of ether oxygens (including phenoxy) is 2. The van der Waals surface area contributed by atoms with E-state index in [2.05, 4.69) is 42.0 Å². The highest BCUT2D eigenvalue weighted by Crippen LogP contribution is 2.22. The zero-order chi connectivity index (χ0) is 30.7. The minimum Gasteiger partial charge on any atom is -0.494 e. The lowest BCUT2D eigenvalue weighted by Crippen LogP contribution is -3.06. The average Bonchev–Trinajstić information content (AvgIpc) is 2.98. The summed E-state index contributed by atoms with van der Waals surface area (Å²) in [4.78, 5) is 29.5. The topological polar surface area (TPSA) is 61.5 Å². The summed E-state index contributed by atoms with van der Waals surface area (Å²) in [5.41, 5.74) is 1.51. The molecule has 2 aromatic rings. The number of nitrogens with one attached hydrogen (secondary N) is 2. The standard InChI is InChI=1S/C36H56N2O4/c1-7-9-13-25-41-33-21-17-29(18-22-33)35(39)31(27-37(3)4)15-11-12-16-32(28-38(5)6)36(40)30-19-23-34(24-20-30)42-26-14-10-8-2/h17-24,31-32H,7-16,25-28H2,1-6H3/p+2. The van der Waals surface area contributed by atoms with E-state index < -0.39 is 0 Å². The first-order chi connectivity index (χ1) is 20.2. The Labute approximate surface area is 255 Å². The van der Waals surface area contributed by atoms with Crippen LogP contribution in [0.5, 0.6) is 11.5 Å². The smallest absolute Gasteiger partial charge is 0.171 e. The molecule has 0 bridgehead atoms. The minimum absolute atomic E-state index is 0.0372. The maximum atomic E-state index is 13.5. The lowest BCUT2D eigenvalue weighted by molar-refractivity contribution is -0.861. The lowest BCUT2D eigenvalue weighted by atomic mass is 9.88. The zero-order valence-corrected chi connectivity index (χ0v) is 27.3. The van der Waals surface area contributed by atoms with Crippen molar-refractivity contribution >= 4 is 11.6 Å². The van der Waals surface area contributed by atoms with Crippen molar-refractivity contribution in [3.63, 3.8) is 0 Å². The molecule has 42 heavy (non-hydrogen) atoms. The molecule has 2 atom stereocenters. The number of ketones is 2. The summed E-state index contributed by atoms with van der Waals surface area (Å²) in [5.74, 6) is 1.98. The van der Waals surface area contributed by atoms with Gasteiger partial charge in [0.15, 0.2) is 11.6 Å². The molecule has 0 fully saturated rings. The van der Waals surface area contributed by atoms with E-state index >= 15 is 0 Å². The van der Waals surface area contributed by atoms with Crippen molar-refractivity contribution in [3.05, 3.63) is 59.7 Å². The molecule has 2 rings (SSSR count). The van der Waals surface area contributed by atoms with Gasteiger partial charge in [-0.2, -0.15) is 0 Å². The highest BCUT2D eigenvalue weighted by molar-refractivity contribution is 5.98. The van der Waals surface area contributed by atoms with Gasteiger partial charge in [-0.25, -0.2) is 0 Å². The van der Waals surface area contributed by atoms with Crippen LogP contribution in [0, 0.1) is 11.8 Å². The quantitative estimate of drug-likeness (QED) is 0.144. The number of hydrogen-bond acceptors (Lipinski definition) is 4. The Hall–Kier alpha value is -2.70. The second-order valence-corrected chi connectivity index (χ2v) is 12.4. The Balaban J connectivity index is 1.93. The number of hydrogen-bond donors (Lipinski definition) is 2. The molecule has 0 aliphatic heterocycles. The van der Waals surface area contributed by atoms with Crippen LogP contribution in [0.25, 0.3) is 0 Å². The predicted octanol–water partition coefficient (Wildman–Crippen LogP) is 4.97. The highest BCUT2D eigenvalue weighted by atomic mass is 16.5. The van der Waals surface area contributed by atoms with E-state index in [9.17, 15) is 9.59 Å². The van der Waals surface area contributed by atoms with Gasteiger partial charge in [-0.3, -0.25) is 9.59 Å². The number of rotatable bonds is 23. The Bertz CT molecular complexity index is 934. The molecular formula is C36H58N2O4+2. The van der Waals surface area contributed by atoms with Crippen LogP contribution in [0.1, 0.15) is 98.8 Å². The second kappa shape index (κ2) is 20.2. The van der Waals surface area contributed by atoms with E-state index in [0.717, 1.165) is 87.1 Å². The number of benzene rings is 2. The van der Waals surface area contributed by atoms with Crippen molar-refractivity contribution in [1.29, 1.82) is 0 Å². The summed E-state index contributed by atoms with van der Waals surface area (Å²) in [6.45, 7) is 7.38. The van der Waals surface area contributed by atoms with E-state index in [1.165, 1.54) is 22.6 Å². The largest absolute Gasteiger partial charge is 0.494 e. The first-order valence-corrected chi connectivity index (χ1v) is 16.4. The third kappa shape index (κ3) is 13.5. The van der Waals surface area contributed by atoms with Crippen LogP contribution >= 0.6 is 0 Å². The van der Waals surface area contributed by atoms with Crippen LogP contribution in [0.15, 0.2) is 48.5 Å². The molecule has 0 saturated heterocycles. The Morgan fingerprint density at radius 3 is 1.24 bits per heavy atom.